The standard InChI is InChI=1S/C16H20BrNO2/c1-16(2,3)12-4-6-18(7-5-12)14-9-11(15(19)20)8-13(17)10-14/h4,8-10H,5-7H2,1-3H3,(H,19,20). The molecule has 0 spiro atoms. The molecule has 1 aromatic rings. The summed E-state index contributed by atoms with van der Waals surface area (Å²) in [4.78, 5) is 13.3. The molecule has 2 rings (SSSR count). The Hall–Kier alpha value is -1.29. The number of halogens is 1. The molecule has 1 N–H and O–H groups in total. The number of carbonyl (C=O) groups is 1. The molecule has 4 heteroatoms. The van der Waals surface area contributed by atoms with Gasteiger partial charge in [0, 0.05) is 23.2 Å². The van der Waals surface area contributed by atoms with E-state index in [4.69, 9.17) is 5.11 Å². The van der Waals surface area contributed by atoms with Crippen molar-refractivity contribution in [3.8, 4) is 0 Å². The van der Waals surface area contributed by atoms with Gasteiger partial charge in [-0.2, -0.15) is 0 Å². The fraction of sp³-hybridized carbons (Fsp3) is 0.438. The monoisotopic (exact) mass is 337 g/mol. The smallest absolute Gasteiger partial charge is 0.335 e. The maximum absolute atomic E-state index is 11.1. The number of aromatic carboxylic acids is 1. The second kappa shape index (κ2) is 5.60. The van der Waals surface area contributed by atoms with Crippen LogP contribution in [0.25, 0.3) is 0 Å². The van der Waals surface area contributed by atoms with Crippen molar-refractivity contribution in [1.29, 1.82) is 0 Å². The van der Waals surface area contributed by atoms with Gasteiger partial charge in [0.2, 0.25) is 0 Å². The zero-order valence-corrected chi connectivity index (χ0v) is 13.7. The number of anilines is 1. The van der Waals surface area contributed by atoms with Crippen LogP contribution in [0.4, 0.5) is 5.69 Å². The number of nitrogens with zero attached hydrogens (tertiary/aromatic N) is 1. The maximum atomic E-state index is 11.1. The molecule has 108 valence electrons. The van der Waals surface area contributed by atoms with Gasteiger partial charge < -0.3 is 10.0 Å². The predicted octanol–water partition coefficient (Wildman–Crippen LogP) is 4.33. The number of hydrogen-bond acceptors (Lipinski definition) is 2. The SMILES string of the molecule is CC(C)(C)C1=CCN(c2cc(Br)cc(C(=O)O)c2)CC1. The molecule has 1 aromatic carbocycles. The van der Waals surface area contributed by atoms with E-state index in [1.165, 1.54) is 5.57 Å². The fourth-order valence-corrected chi connectivity index (χ4v) is 2.95. The molecule has 0 unspecified atom stereocenters. The molecule has 0 radical (unpaired) electrons. The van der Waals surface area contributed by atoms with Crippen LogP contribution in [0.15, 0.2) is 34.3 Å². The molecule has 0 saturated carbocycles. The summed E-state index contributed by atoms with van der Waals surface area (Å²) in [6, 6.07) is 5.34. The van der Waals surface area contributed by atoms with Crippen molar-refractivity contribution in [2.45, 2.75) is 27.2 Å². The summed E-state index contributed by atoms with van der Waals surface area (Å²) in [5, 5.41) is 9.13. The van der Waals surface area contributed by atoms with Gasteiger partial charge in [-0.15, -0.1) is 0 Å². The highest BCUT2D eigenvalue weighted by atomic mass is 79.9. The first kappa shape index (κ1) is 15.1. The molecule has 1 aliphatic heterocycles. The molecule has 0 aromatic heterocycles. The van der Waals surface area contributed by atoms with Gasteiger partial charge in [0.1, 0.15) is 0 Å². The number of carboxylic acid groups (broad SMARTS) is 1. The lowest BCUT2D eigenvalue weighted by Crippen LogP contribution is -2.31. The Balaban J connectivity index is 2.23. The average Bonchev–Trinajstić information content (AvgIpc) is 2.37. The van der Waals surface area contributed by atoms with Crippen molar-refractivity contribution in [3.63, 3.8) is 0 Å². The van der Waals surface area contributed by atoms with Crippen molar-refractivity contribution in [2.75, 3.05) is 18.0 Å². The number of hydrogen-bond donors (Lipinski definition) is 1. The van der Waals surface area contributed by atoms with Crippen molar-refractivity contribution < 1.29 is 9.90 Å². The van der Waals surface area contributed by atoms with Crippen molar-refractivity contribution in [2.24, 2.45) is 5.41 Å². The van der Waals surface area contributed by atoms with Gasteiger partial charge in [0.15, 0.2) is 0 Å². The third kappa shape index (κ3) is 3.42. The summed E-state index contributed by atoms with van der Waals surface area (Å²) in [7, 11) is 0. The van der Waals surface area contributed by atoms with Crippen LogP contribution in [-0.4, -0.2) is 24.2 Å². The van der Waals surface area contributed by atoms with Gasteiger partial charge in [-0.1, -0.05) is 48.4 Å². The number of carboxylic acids is 1. The predicted molar refractivity (Wildman–Crippen MR) is 85.5 cm³/mol. The Morgan fingerprint density at radius 1 is 1.30 bits per heavy atom. The van der Waals surface area contributed by atoms with Gasteiger partial charge in [-0.25, -0.2) is 4.79 Å². The molecular weight excluding hydrogens is 318 g/mol. The first-order valence-corrected chi connectivity index (χ1v) is 7.55. The van der Waals surface area contributed by atoms with Crippen molar-refractivity contribution in [1.82, 2.24) is 0 Å². The fourth-order valence-electron chi connectivity index (χ4n) is 2.47. The highest BCUT2D eigenvalue weighted by molar-refractivity contribution is 9.10. The van der Waals surface area contributed by atoms with E-state index in [2.05, 4.69) is 47.7 Å². The van der Waals surface area contributed by atoms with E-state index in [1.54, 1.807) is 12.1 Å². The Labute approximate surface area is 128 Å². The topological polar surface area (TPSA) is 40.5 Å². The van der Waals surface area contributed by atoms with Crippen LogP contribution in [0.1, 0.15) is 37.6 Å². The van der Waals surface area contributed by atoms with Crippen LogP contribution in [0.2, 0.25) is 0 Å². The van der Waals surface area contributed by atoms with Gasteiger partial charge in [-0.3, -0.25) is 0 Å². The number of rotatable bonds is 2. The van der Waals surface area contributed by atoms with Gasteiger partial charge in [0.05, 0.1) is 5.56 Å². The van der Waals surface area contributed by atoms with E-state index in [1.807, 2.05) is 6.07 Å². The zero-order chi connectivity index (χ0) is 14.9. The Bertz CT molecular complexity index is 558. The highest BCUT2D eigenvalue weighted by Gasteiger charge is 2.22. The van der Waals surface area contributed by atoms with Crippen LogP contribution in [0.5, 0.6) is 0 Å². The van der Waals surface area contributed by atoms with Crippen LogP contribution >= 0.6 is 15.9 Å². The molecule has 1 aliphatic rings. The molecule has 0 atom stereocenters. The summed E-state index contributed by atoms with van der Waals surface area (Å²) < 4.78 is 0.804. The van der Waals surface area contributed by atoms with Crippen LogP contribution in [0, 0.1) is 5.41 Å². The molecule has 0 saturated heterocycles. The lowest BCUT2D eigenvalue weighted by atomic mass is 9.83. The van der Waals surface area contributed by atoms with E-state index in [0.717, 1.165) is 29.7 Å². The summed E-state index contributed by atoms with van der Waals surface area (Å²) in [5.74, 6) is -0.893. The van der Waals surface area contributed by atoms with E-state index in [0.29, 0.717) is 5.56 Å². The van der Waals surface area contributed by atoms with Crippen LogP contribution in [-0.2, 0) is 0 Å². The van der Waals surface area contributed by atoms with Gasteiger partial charge in [-0.05, 0) is 30.0 Å². The molecule has 0 aliphatic carbocycles. The summed E-state index contributed by atoms with van der Waals surface area (Å²) >= 11 is 3.39. The third-order valence-corrected chi connectivity index (χ3v) is 4.12. The molecular formula is C16H20BrNO2. The molecule has 3 nitrogen and oxygen atoms in total. The van der Waals surface area contributed by atoms with Crippen molar-refractivity contribution >= 4 is 27.6 Å². The normalized spacial score (nSPS) is 16.0. The van der Waals surface area contributed by atoms with E-state index in [9.17, 15) is 4.79 Å². The minimum absolute atomic E-state index is 0.218. The van der Waals surface area contributed by atoms with Gasteiger partial charge >= 0.3 is 5.97 Å². The second-order valence-electron chi connectivity index (χ2n) is 6.18. The lowest BCUT2D eigenvalue weighted by Gasteiger charge is -2.33. The molecule has 0 amide bonds. The van der Waals surface area contributed by atoms with Crippen molar-refractivity contribution in [3.05, 3.63) is 39.9 Å². The average molecular weight is 338 g/mol. The molecule has 1 heterocycles. The molecule has 0 bridgehead atoms. The Morgan fingerprint density at radius 2 is 2.00 bits per heavy atom. The maximum Gasteiger partial charge on any atom is 0.335 e. The minimum Gasteiger partial charge on any atom is -0.478 e. The molecule has 20 heavy (non-hydrogen) atoms. The second-order valence-corrected chi connectivity index (χ2v) is 7.09. The summed E-state index contributed by atoms with van der Waals surface area (Å²) in [6.45, 7) is 8.46. The van der Waals surface area contributed by atoms with Crippen LogP contribution < -0.4 is 4.90 Å². The van der Waals surface area contributed by atoms with E-state index < -0.39 is 5.97 Å². The quantitative estimate of drug-likeness (QED) is 0.816. The van der Waals surface area contributed by atoms with E-state index in [-0.39, 0.29) is 5.41 Å². The Morgan fingerprint density at radius 3 is 2.50 bits per heavy atom. The first-order valence-electron chi connectivity index (χ1n) is 6.76. The van der Waals surface area contributed by atoms with Crippen LogP contribution in [0.3, 0.4) is 0 Å². The Kier molecular flexibility index (Phi) is 4.23. The van der Waals surface area contributed by atoms with E-state index >= 15 is 0 Å². The zero-order valence-electron chi connectivity index (χ0n) is 12.1. The molecule has 0 fully saturated rings. The van der Waals surface area contributed by atoms with Gasteiger partial charge in [0.25, 0.3) is 0 Å². The first-order chi connectivity index (χ1) is 9.27. The summed E-state index contributed by atoms with van der Waals surface area (Å²) in [5.41, 5.74) is 2.97. The lowest BCUT2D eigenvalue weighted by molar-refractivity contribution is 0.0697. The third-order valence-electron chi connectivity index (χ3n) is 3.67. The number of benzene rings is 1. The highest BCUT2D eigenvalue weighted by Crippen LogP contribution is 2.32. The minimum atomic E-state index is -0.893. The summed E-state index contributed by atoms with van der Waals surface area (Å²) in [6.07, 6.45) is 3.29. The largest absolute Gasteiger partial charge is 0.478 e.